The number of alkyl halides is 2. The van der Waals surface area contributed by atoms with Gasteiger partial charge in [-0.25, -0.2) is 4.39 Å². The normalized spacial score (nSPS) is 22.1. The predicted molar refractivity (Wildman–Crippen MR) is 143 cm³/mol. The van der Waals surface area contributed by atoms with Gasteiger partial charge in [-0.1, -0.05) is 47.2 Å². The third kappa shape index (κ3) is 6.45. The molecule has 0 spiro atoms. The molecule has 1 aliphatic carbocycles. The first-order chi connectivity index (χ1) is 17.6. The molecule has 1 fully saturated rings. The number of carbonyl (C=O) groups is 1. The van der Waals surface area contributed by atoms with Gasteiger partial charge >= 0.3 is 5.97 Å². The lowest BCUT2D eigenvalue weighted by molar-refractivity contribution is -0.153. The highest BCUT2D eigenvalue weighted by Gasteiger charge is 2.41. The Kier molecular flexibility index (Phi) is 8.45. The van der Waals surface area contributed by atoms with E-state index in [-0.39, 0.29) is 12.8 Å². The predicted octanol–water partition coefficient (Wildman–Crippen LogP) is 5.67. The highest BCUT2D eigenvalue weighted by atomic mass is 35.5. The van der Waals surface area contributed by atoms with Crippen molar-refractivity contribution >= 4 is 40.1 Å². The highest BCUT2D eigenvalue weighted by Crippen LogP contribution is 2.41. The molecule has 9 heteroatoms. The molecular weight excluding hydrogens is 518 g/mol. The van der Waals surface area contributed by atoms with Crippen molar-refractivity contribution in [2.75, 3.05) is 26.7 Å². The fourth-order valence-corrected chi connectivity index (χ4v) is 5.42. The zero-order valence-electron chi connectivity index (χ0n) is 20.5. The van der Waals surface area contributed by atoms with Gasteiger partial charge in [-0.05, 0) is 50.0 Å². The number of aliphatic hydroxyl groups excluding tert-OH is 1. The number of aliphatic carboxylic acids is 1. The Labute approximate surface area is 225 Å². The van der Waals surface area contributed by atoms with Crippen LogP contribution in [0.25, 0.3) is 10.9 Å². The maximum absolute atomic E-state index is 13.9. The molecule has 0 saturated carbocycles. The maximum atomic E-state index is 13.9. The molecule has 1 saturated heterocycles. The molecule has 2 heterocycles. The van der Waals surface area contributed by atoms with Gasteiger partial charge in [0.2, 0.25) is 5.13 Å². The molecule has 196 valence electrons. The fraction of sp³-hybridized carbons (Fsp3) is 0.429. The number of carboxylic acid groups (broad SMARTS) is 1. The number of halogens is 3. The molecular formula is C28H29Cl2FN2O4. The second-order valence-corrected chi connectivity index (χ2v) is 10.6. The van der Waals surface area contributed by atoms with E-state index in [1.807, 2.05) is 0 Å². The third-order valence-corrected chi connectivity index (χ3v) is 7.74. The maximum Gasteiger partial charge on any atom is 0.309 e. The van der Waals surface area contributed by atoms with Crippen LogP contribution in [0.4, 0.5) is 4.39 Å². The molecule has 1 aromatic heterocycles. The lowest BCUT2D eigenvalue weighted by Crippen LogP contribution is -2.44. The smallest absolute Gasteiger partial charge is 0.309 e. The number of nitrogens with zero attached hydrogens (tertiary/aromatic N) is 2. The highest BCUT2D eigenvalue weighted by molar-refractivity contribution is 6.32. The zero-order valence-corrected chi connectivity index (χ0v) is 22.0. The largest absolute Gasteiger partial charge is 0.497 e. The van der Waals surface area contributed by atoms with E-state index in [1.54, 1.807) is 37.5 Å². The van der Waals surface area contributed by atoms with Crippen LogP contribution >= 0.6 is 23.2 Å². The van der Waals surface area contributed by atoms with Gasteiger partial charge in [-0.3, -0.25) is 14.7 Å². The summed E-state index contributed by atoms with van der Waals surface area (Å²) in [6, 6.07) is 5.36. The molecule has 1 aliphatic heterocycles. The monoisotopic (exact) mass is 546 g/mol. The van der Waals surface area contributed by atoms with E-state index in [2.05, 4.69) is 21.7 Å². The number of methoxy groups -OCH3 is 1. The van der Waals surface area contributed by atoms with Gasteiger partial charge in [0.1, 0.15) is 5.75 Å². The number of pyridine rings is 1. The molecule has 2 aromatic rings. The number of carboxylic acids is 1. The number of likely N-dealkylation sites (tertiary alicyclic amines) is 1. The minimum Gasteiger partial charge on any atom is -0.497 e. The first-order valence-corrected chi connectivity index (χ1v) is 12.9. The van der Waals surface area contributed by atoms with Gasteiger partial charge in [0.25, 0.3) is 0 Å². The van der Waals surface area contributed by atoms with Gasteiger partial charge in [-0.2, -0.15) is 0 Å². The quantitative estimate of drug-likeness (QED) is 0.343. The number of aromatic nitrogens is 1. The summed E-state index contributed by atoms with van der Waals surface area (Å²) in [6.07, 6.45) is 6.63. The number of hydrogen-bond donors (Lipinski definition) is 2. The van der Waals surface area contributed by atoms with Gasteiger partial charge < -0.3 is 14.9 Å². The van der Waals surface area contributed by atoms with E-state index >= 15 is 0 Å². The molecule has 2 atom stereocenters. The van der Waals surface area contributed by atoms with Crippen molar-refractivity contribution in [1.29, 1.82) is 0 Å². The third-order valence-electron chi connectivity index (χ3n) is 7.18. The topological polar surface area (TPSA) is 82.9 Å². The van der Waals surface area contributed by atoms with Crippen molar-refractivity contribution in [2.24, 2.45) is 5.41 Å². The summed E-state index contributed by atoms with van der Waals surface area (Å²) in [5.41, 5.74) is 0.886. The minimum atomic E-state index is -1.89. The van der Waals surface area contributed by atoms with Crippen LogP contribution in [0.5, 0.6) is 5.75 Å². The Morgan fingerprint density at radius 2 is 2.11 bits per heavy atom. The van der Waals surface area contributed by atoms with Crippen LogP contribution < -0.4 is 4.74 Å². The number of hydrogen-bond acceptors (Lipinski definition) is 5. The summed E-state index contributed by atoms with van der Waals surface area (Å²) in [7, 11) is 1.56. The first-order valence-electron chi connectivity index (χ1n) is 12.1. The summed E-state index contributed by atoms with van der Waals surface area (Å²) in [5.74, 6) is 5.78. The first kappa shape index (κ1) is 27.4. The van der Waals surface area contributed by atoms with Crippen LogP contribution in [0.15, 0.2) is 48.2 Å². The van der Waals surface area contributed by atoms with Crippen molar-refractivity contribution < 1.29 is 24.1 Å². The summed E-state index contributed by atoms with van der Waals surface area (Å²) in [6.45, 7) is 1.59. The number of aliphatic hydroxyl groups is 1. The molecule has 0 amide bonds. The van der Waals surface area contributed by atoms with Crippen LogP contribution in [0.1, 0.15) is 43.8 Å². The number of ether oxygens (including phenoxy) is 1. The number of fused-ring (bicyclic) bond motifs is 1. The Morgan fingerprint density at radius 3 is 2.78 bits per heavy atom. The fourth-order valence-electron chi connectivity index (χ4n) is 4.93. The van der Waals surface area contributed by atoms with Crippen LogP contribution in [0.2, 0.25) is 5.02 Å². The number of benzene rings is 1. The zero-order chi connectivity index (χ0) is 26.6. The summed E-state index contributed by atoms with van der Waals surface area (Å²) >= 11 is 12.2. The summed E-state index contributed by atoms with van der Waals surface area (Å²) < 4.78 is 19.2. The average Bonchev–Trinajstić information content (AvgIpc) is 2.87. The minimum absolute atomic E-state index is 0.0338. The lowest BCUT2D eigenvalue weighted by atomic mass is 9.74. The van der Waals surface area contributed by atoms with Crippen LogP contribution in [0, 0.1) is 17.3 Å². The van der Waals surface area contributed by atoms with E-state index in [4.69, 9.17) is 27.9 Å². The van der Waals surface area contributed by atoms with E-state index in [9.17, 15) is 19.4 Å². The molecule has 2 N–H and O–H groups in total. The number of allylic oxidation sites excluding steroid dienone is 4. The van der Waals surface area contributed by atoms with E-state index in [0.29, 0.717) is 71.7 Å². The van der Waals surface area contributed by atoms with Crippen molar-refractivity contribution in [3.05, 3.63) is 58.8 Å². The summed E-state index contributed by atoms with van der Waals surface area (Å²) in [5, 5.41) is 20.3. The SMILES string of the molecule is COc1ccc2ncc(Cl)c(C(O)CCC3(C(=O)O)CCN(CC#CC4=CC=CC(F)(Cl)C4)CC3)c2c1. The Morgan fingerprint density at radius 1 is 1.35 bits per heavy atom. The molecule has 4 rings (SSSR count). The molecule has 6 nitrogen and oxygen atoms in total. The van der Waals surface area contributed by atoms with Crippen molar-refractivity contribution in [1.82, 2.24) is 9.88 Å². The second-order valence-electron chi connectivity index (χ2n) is 9.61. The average molecular weight is 547 g/mol. The van der Waals surface area contributed by atoms with Crippen LogP contribution in [-0.4, -0.2) is 57.9 Å². The van der Waals surface area contributed by atoms with Crippen molar-refractivity contribution in [3.63, 3.8) is 0 Å². The molecule has 2 aliphatic rings. The molecule has 1 aromatic carbocycles. The molecule has 2 unspecified atom stereocenters. The van der Waals surface area contributed by atoms with Crippen LogP contribution in [0.3, 0.4) is 0 Å². The van der Waals surface area contributed by atoms with E-state index in [0.717, 1.165) is 0 Å². The summed E-state index contributed by atoms with van der Waals surface area (Å²) in [4.78, 5) is 18.7. The lowest BCUT2D eigenvalue weighted by Gasteiger charge is -2.38. The number of rotatable bonds is 7. The van der Waals surface area contributed by atoms with Gasteiger partial charge in [-0.15, -0.1) is 0 Å². The van der Waals surface area contributed by atoms with Crippen molar-refractivity contribution in [3.8, 4) is 17.6 Å². The van der Waals surface area contributed by atoms with Gasteiger partial charge in [0, 0.05) is 42.2 Å². The van der Waals surface area contributed by atoms with Gasteiger partial charge in [0.05, 0.1) is 35.7 Å². The van der Waals surface area contributed by atoms with Gasteiger partial charge in [0.15, 0.2) is 0 Å². The number of piperidine rings is 1. The standard InChI is InChI=1S/C28H29Cl2FN2O4/c1-37-20-6-7-23-21(16-20)25(22(29)18-32-23)24(34)8-10-27(26(35)36)11-14-33(15-12-27)13-3-5-19-4-2-9-28(30,31)17-19/h2,4,6-7,9,16,18,24,34H,8,10-15,17H2,1H3,(H,35,36). The second kappa shape index (κ2) is 11.4. The van der Waals surface area contributed by atoms with E-state index < -0.39 is 22.6 Å². The van der Waals surface area contributed by atoms with Crippen molar-refractivity contribution in [2.45, 2.75) is 43.3 Å². The Balaban J connectivity index is 1.39. The van der Waals surface area contributed by atoms with E-state index in [1.165, 1.54) is 12.3 Å². The molecule has 0 bridgehead atoms. The Bertz CT molecular complexity index is 1290. The molecule has 37 heavy (non-hydrogen) atoms. The molecule has 0 radical (unpaired) electrons. The Hall–Kier alpha value is -2.63. The van der Waals surface area contributed by atoms with Crippen LogP contribution in [-0.2, 0) is 4.79 Å².